The standard InChI is InChI=1S/C18H27N2O9PS/c1-5-17(2,3)15(24)31-9-8-27-30(26)28-10-18(4)13(23)12(22)14(29-18)20-7-6-11(21)19-16(20)25/h6-7,12-14,22-23H,5,8-10H2,1-4H3/p+1/t12-,13+,14-,18-/m1/s1. The average Bonchev–Trinajstić information content (AvgIpc) is 2.94. The van der Waals surface area contributed by atoms with Gasteiger partial charge in [0.25, 0.3) is 5.56 Å². The molecule has 11 nitrogen and oxygen atoms in total. The third kappa shape index (κ3) is 6.32. The van der Waals surface area contributed by atoms with Crippen LogP contribution in [0, 0.1) is 5.41 Å². The van der Waals surface area contributed by atoms with E-state index in [-0.39, 0.29) is 11.7 Å². The summed E-state index contributed by atoms with van der Waals surface area (Å²) in [5.74, 6) is 0.305. The molecule has 5 atom stereocenters. The lowest BCUT2D eigenvalue weighted by molar-refractivity contribution is -0.118. The van der Waals surface area contributed by atoms with E-state index in [4.69, 9.17) is 13.8 Å². The Bertz CT molecular complexity index is 918. The molecule has 1 fully saturated rings. The molecule has 1 aromatic heterocycles. The van der Waals surface area contributed by atoms with E-state index < -0.39 is 55.6 Å². The van der Waals surface area contributed by atoms with Gasteiger partial charge in [-0.15, -0.1) is 9.05 Å². The molecule has 31 heavy (non-hydrogen) atoms. The van der Waals surface area contributed by atoms with Gasteiger partial charge in [0.15, 0.2) is 11.3 Å². The van der Waals surface area contributed by atoms with Crippen molar-refractivity contribution in [1.82, 2.24) is 9.55 Å². The number of carbonyl (C=O) groups excluding carboxylic acids is 1. The van der Waals surface area contributed by atoms with Crippen molar-refractivity contribution in [2.75, 3.05) is 19.0 Å². The minimum absolute atomic E-state index is 0.0160. The van der Waals surface area contributed by atoms with Crippen LogP contribution in [0.1, 0.15) is 40.3 Å². The lowest BCUT2D eigenvalue weighted by atomic mass is 9.92. The van der Waals surface area contributed by atoms with Crippen LogP contribution in [0.3, 0.4) is 0 Å². The number of H-pyrrole nitrogens is 1. The van der Waals surface area contributed by atoms with Crippen LogP contribution in [-0.2, 0) is 23.1 Å². The van der Waals surface area contributed by atoms with Crippen LogP contribution in [-0.4, -0.2) is 61.7 Å². The molecular formula is C18H28N2O9PS+. The van der Waals surface area contributed by atoms with Gasteiger partial charge in [0.2, 0.25) is 0 Å². The summed E-state index contributed by atoms with van der Waals surface area (Å²) in [6.07, 6.45) is -2.41. The fourth-order valence-electron chi connectivity index (χ4n) is 2.70. The van der Waals surface area contributed by atoms with Gasteiger partial charge < -0.3 is 14.9 Å². The van der Waals surface area contributed by atoms with Crippen LogP contribution in [0.5, 0.6) is 0 Å². The fraction of sp³-hybridized carbons (Fsp3) is 0.722. The summed E-state index contributed by atoms with van der Waals surface area (Å²) in [6, 6.07) is 1.07. The van der Waals surface area contributed by atoms with E-state index in [0.717, 1.165) is 28.6 Å². The van der Waals surface area contributed by atoms with Gasteiger partial charge in [-0.2, -0.15) is 0 Å². The second kappa shape index (κ2) is 10.5. The summed E-state index contributed by atoms with van der Waals surface area (Å²) >= 11 is 1.09. The quantitative estimate of drug-likeness (QED) is 0.326. The number of aliphatic hydroxyl groups is 2. The largest absolute Gasteiger partial charge is 0.697 e. The van der Waals surface area contributed by atoms with E-state index in [1.807, 2.05) is 25.8 Å². The van der Waals surface area contributed by atoms with Crippen molar-refractivity contribution in [2.45, 2.75) is 58.2 Å². The van der Waals surface area contributed by atoms with Crippen molar-refractivity contribution in [2.24, 2.45) is 5.41 Å². The maximum absolute atomic E-state index is 12.0. The van der Waals surface area contributed by atoms with Crippen LogP contribution in [0.2, 0.25) is 0 Å². The van der Waals surface area contributed by atoms with Gasteiger partial charge in [-0.05, 0) is 13.3 Å². The summed E-state index contributed by atoms with van der Waals surface area (Å²) in [7, 11) is -2.57. The molecule has 1 saturated heterocycles. The van der Waals surface area contributed by atoms with Crippen molar-refractivity contribution in [3.05, 3.63) is 33.1 Å². The number of carbonyl (C=O) groups is 1. The lowest BCUT2D eigenvalue weighted by Crippen LogP contribution is -2.43. The van der Waals surface area contributed by atoms with Gasteiger partial charge in [-0.3, -0.25) is 19.1 Å². The van der Waals surface area contributed by atoms with E-state index in [2.05, 4.69) is 0 Å². The topological polar surface area (TPSA) is 157 Å². The Hall–Kier alpha value is -1.40. The Balaban J connectivity index is 1.87. The van der Waals surface area contributed by atoms with Crippen molar-refractivity contribution < 1.29 is 33.4 Å². The fourth-order valence-corrected chi connectivity index (χ4v) is 4.39. The van der Waals surface area contributed by atoms with Crippen molar-refractivity contribution >= 4 is 25.1 Å². The number of hydrogen-bond acceptors (Lipinski definition) is 10. The second-order valence-corrected chi connectivity index (χ2v) is 10.0. The smallest absolute Gasteiger partial charge is 0.387 e. The molecule has 3 N–H and O–H groups in total. The molecule has 0 aliphatic carbocycles. The van der Waals surface area contributed by atoms with Crippen molar-refractivity contribution in [1.29, 1.82) is 0 Å². The highest BCUT2D eigenvalue weighted by Crippen LogP contribution is 2.39. The maximum Gasteiger partial charge on any atom is 0.697 e. The molecule has 0 aromatic carbocycles. The summed E-state index contributed by atoms with van der Waals surface area (Å²) in [4.78, 5) is 37.2. The summed E-state index contributed by atoms with van der Waals surface area (Å²) in [5, 5.41) is 20.7. The maximum atomic E-state index is 12.0. The Kier molecular flexibility index (Phi) is 8.74. The van der Waals surface area contributed by atoms with Crippen LogP contribution in [0.15, 0.2) is 21.9 Å². The number of ether oxygens (including phenoxy) is 1. The third-order valence-corrected chi connectivity index (χ3v) is 7.08. The number of aromatic nitrogens is 2. The Morgan fingerprint density at radius 2 is 2.06 bits per heavy atom. The molecule has 2 heterocycles. The zero-order valence-corrected chi connectivity index (χ0v) is 19.5. The molecule has 0 radical (unpaired) electrons. The molecule has 0 saturated carbocycles. The minimum atomic E-state index is -2.57. The Morgan fingerprint density at radius 3 is 2.68 bits per heavy atom. The van der Waals surface area contributed by atoms with Gasteiger partial charge >= 0.3 is 13.9 Å². The molecular weight excluding hydrogens is 451 g/mol. The van der Waals surface area contributed by atoms with E-state index in [9.17, 15) is 29.2 Å². The van der Waals surface area contributed by atoms with E-state index in [1.54, 1.807) is 0 Å². The number of nitrogens with zero attached hydrogens (tertiary/aromatic N) is 1. The first-order chi connectivity index (χ1) is 14.4. The SMILES string of the molecule is CCC(C)(C)C(=O)SCCO[P+](=O)OC[C@@]1(C)O[C@@H](n2ccc(=O)[nH]c2=O)[C@H](O)[C@@H]1O. The predicted octanol–water partition coefficient (Wildman–Crippen LogP) is 0.932. The molecule has 1 aliphatic heterocycles. The molecule has 0 bridgehead atoms. The first-order valence-electron chi connectivity index (χ1n) is 9.67. The second-order valence-electron chi connectivity index (χ2n) is 7.98. The normalized spacial score (nSPS) is 26.8. The first kappa shape index (κ1) is 25.9. The first-order valence-corrected chi connectivity index (χ1v) is 11.7. The number of aliphatic hydroxyl groups excluding tert-OH is 2. The van der Waals surface area contributed by atoms with Crippen molar-refractivity contribution in [3.63, 3.8) is 0 Å². The number of aromatic amines is 1. The van der Waals surface area contributed by atoms with Gasteiger partial charge in [0.1, 0.15) is 31.0 Å². The van der Waals surface area contributed by atoms with Crippen LogP contribution in [0.25, 0.3) is 0 Å². The molecule has 1 aliphatic rings. The minimum Gasteiger partial charge on any atom is -0.387 e. The molecule has 0 spiro atoms. The van der Waals surface area contributed by atoms with E-state index in [0.29, 0.717) is 12.2 Å². The summed E-state index contributed by atoms with van der Waals surface area (Å²) in [5.41, 5.74) is -3.38. The van der Waals surface area contributed by atoms with Gasteiger partial charge in [-0.1, -0.05) is 32.5 Å². The average molecular weight is 479 g/mol. The van der Waals surface area contributed by atoms with Crippen LogP contribution < -0.4 is 11.2 Å². The molecule has 0 amide bonds. The molecule has 174 valence electrons. The molecule has 2 rings (SSSR count). The van der Waals surface area contributed by atoms with Crippen LogP contribution >= 0.6 is 20.0 Å². The number of hydrogen-bond donors (Lipinski definition) is 3. The lowest BCUT2D eigenvalue weighted by Gasteiger charge is -2.24. The monoisotopic (exact) mass is 479 g/mol. The highest BCUT2D eigenvalue weighted by molar-refractivity contribution is 8.13. The predicted molar refractivity (Wildman–Crippen MR) is 113 cm³/mol. The Labute approximate surface area is 184 Å². The third-order valence-electron chi connectivity index (χ3n) is 5.16. The van der Waals surface area contributed by atoms with Gasteiger partial charge in [0.05, 0.1) is 0 Å². The summed E-state index contributed by atoms with van der Waals surface area (Å²) in [6.45, 7) is 6.66. The molecule has 13 heteroatoms. The van der Waals surface area contributed by atoms with Gasteiger partial charge in [-0.25, -0.2) is 4.79 Å². The molecule has 1 unspecified atom stereocenters. The number of rotatable bonds is 10. The zero-order valence-electron chi connectivity index (χ0n) is 17.8. The highest BCUT2D eigenvalue weighted by Gasteiger charge is 2.54. The summed E-state index contributed by atoms with van der Waals surface area (Å²) < 4.78 is 28.7. The number of nitrogens with one attached hydrogen (secondary N) is 1. The zero-order chi connectivity index (χ0) is 23.4. The van der Waals surface area contributed by atoms with E-state index >= 15 is 0 Å². The van der Waals surface area contributed by atoms with E-state index in [1.165, 1.54) is 6.92 Å². The number of thioether (sulfide) groups is 1. The van der Waals surface area contributed by atoms with Gasteiger partial charge in [0, 0.05) is 28.0 Å². The highest BCUT2D eigenvalue weighted by atomic mass is 32.2. The van der Waals surface area contributed by atoms with Crippen molar-refractivity contribution in [3.8, 4) is 0 Å². The molecule has 1 aromatic rings. The Morgan fingerprint density at radius 1 is 1.39 bits per heavy atom. The van der Waals surface area contributed by atoms with Crippen LogP contribution in [0.4, 0.5) is 0 Å².